The molecule has 1 aromatic carbocycles. The van der Waals surface area contributed by atoms with Crippen LogP contribution >= 0.6 is 23.5 Å². The molecule has 1 aliphatic heterocycles. The molecule has 1 heterocycles. The molecule has 0 fully saturated rings. The minimum atomic E-state index is -0.894. The summed E-state index contributed by atoms with van der Waals surface area (Å²) in [5.41, 5.74) is 7.62. The van der Waals surface area contributed by atoms with Crippen LogP contribution in [0.3, 0.4) is 0 Å². The predicted octanol–water partition coefficient (Wildman–Crippen LogP) is 3.74. The lowest BCUT2D eigenvalue weighted by molar-refractivity contribution is -0.384. The van der Waals surface area contributed by atoms with E-state index in [9.17, 15) is 19.7 Å². The van der Waals surface area contributed by atoms with Gasteiger partial charge in [0.05, 0.1) is 41.7 Å². The van der Waals surface area contributed by atoms with Gasteiger partial charge in [-0.1, -0.05) is 30.8 Å². The van der Waals surface area contributed by atoms with Crippen LogP contribution in [0, 0.1) is 10.1 Å². The highest BCUT2D eigenvalue weighted by Crippen LogP contribution is 2.40. The quantitative estimate of drug-likeness (QED) is 0.101. The Morgan fingerprint density at radius 2 is 1.83 bits per heavy atom. The van der Waals surface area contributed by atoms with Gasteiger partial charge in [0.25, 0.3) is 5.69 Å². The number of nitro groups is 1. The van der Waals surface area contributed by atoms with Crippen molar-refractivity contribution in [1.82, 2.24) is 5.32 Å². The number of nitrogens with zero attached hydrogens (tertiary/aromatic N) is 2. The Labute approximate surface area is 219 Å². The third-order valence-corrected chi connectivity index (χ3v) is 6.77. The largest absolute Gasteiger partial charge is 0.463 e. The zero-order chi connectivity index (χ0) is 26.7. The average molecular weight is 537 g/mol. The number of dihydropyridines is 1. The van der Waals surface area contributed by atoms with Gasteiger partial charge in [0.2, 0.25) is 0 Å². The van der Waals surface area contributed by atoms with Gasteiger partial charge in [-0.2, -0.15) is 11.8 Å². The summed E-state index contributed by atoms with van der Waals surface area (Å²) in [6.07, 6.45) is 0. The summed E-state index contributed by atoms with van der Waals surface area (Å²) < 4.78 is 10.6. The smallest absolute Gasteiger partial charge is 0.336 e. The van der Waals surface area contributed by atoms with Gasteiger partial charge in [-0.05, 0) is 32.1 Å². The van der Waals surface area contributed by atoms with Gasteiger partial charge in [-0.15, -0.1) is 0 Å². The third kappa shape index (κ3) is 7.76. The number of aliphatic imine (C=N–C) groups is 1. The van der Waals surface area contributed by atoms with E-state index in [1.54, 1.807) is 26.8 Å². The fraction of sp³-hybridized carbons (Fsp3) is 0.458. The summed E-state index contributed by atoms with van der Waals surface area (Å²) in [7, 11) is 0. The van der Waals surface area contributed by atoms with Crippen LogP contribution in [0.1, 0.15) is 39.2 Å². The highest BCUT2D eigenvalue weighted by atomic mass is 32.2. The van der Waals surface area contributed by atoms with Crippen molar-refractivity contribution in [2.45, 2.75) is 33.6 Å². The lowest BCUT2D eigenvalue weighted by atomic mass is 9.80. The molecule has 1 aromatic rings. The molecule has 1 atom stereocenters. The number of benzene rings is 1. The van der Waals surface area contributed by atoms with E-state index in [-0.39, 0.29) is 30.0 Å². The summed E-state index contributed by atoms with van der Waals surface area (Å²) in [4.78, 5) is 41.5. The van der Waals surface area contributed by atoms with E-state index in [0.717, 1.165) is 5.75 Å². The average Bonchev–Trinajstić information content (AvgIpc) is 2.83. The highest BCUT2D eigenvalue weighted by Gasteiger charge is 2.39. The standard InChI is InChI=1S/C24H32N4O6S2/c1-5-33-22(29)19-15(4)27-18(14-35-12-11-26-24(25)36-7-3)21(23(30)34-6-2)20(19)16-9-8-10-17(13-16)28(31)32/h8-10,13,20,27H,5-7,11-12,14H2,1-4H3,(H2,25,26). The van der Waals surface area contributed by atoms with Crippen molar-refractivity contribution in [2.75, 3.05) is 37.0 Å². The summed E-state index contributed by atoms with van der Waals surface area (Å²) in [5, 5.41) is 15.2. The fourth-order valence-corrected chi connectivity index (χ4v) is 4.95. The second-order valence-corrected chi connectivity index (χ2v) is 9.88. The molecule has 0 saturated heterocycles. The van der Waals surface area contributed by atoms with Crippen molar-refractivity contribution in [1.29, 1.82) is 0 Å². The van der Waals surface area contributed by atoms with Crippen LogP contribution in [0.15, 0.2) is 51.8 Å². The number of hydrogen-bond acceptors (Lipinski definition) is 10. The number of ether oxygens (including phenoxy) is 2. The minimum Gasteiger partial charge on any atom is -0.463 e. The first-order valence-electron chi connectivity index (χ1n) is 11.5. The first-order chi connectivity index (χ1) is 17.2. The number of non-ortho nitro benzene ring substituents is 1. The first kappa shape index (κ1) is 29.2. The predicted molar refractivity (Wildman–Crippen MR) is 144 cm³/mol. The van der Waals surface area contributed by atoms with Crippen LogP contribution in [0.4, 0.5) is 5.69 Å². The maximum absolute atomic E-state index is 13.2. The van der Waals surface area contributed by atoms with E-state index in [2.05, 4.69) is 10.3 Å². The number of rotatable bonds is 12. The summed E-state index contributed by atoms with van der Waals surface area (Å²) in [6.45, 7) is 7.88. The second-order valence-electron chi connectivity index (χ2n) is 7.49. The number of carbonyl (C=O) groups is 2. The number of allylic oxidation sites excluding steroid dienone is 1. The maximum Gasteiger partial charge on any atom is 0.336 e. The molecule has 0 amide bonds. The lowest BCUT2D eigenvalue weighted by Crippen LogP contribution is -2.34. The van der Waals surface area contributed by atoms with Crippen LogP contribution in [-0.2, 0) is 19.1 Å². The van der Waals surface area contributed by atoms with Crippen LogP contribution in [-0.4, -0.2) is 59.0 Å². The number of thioether (sulfide) groups is 2. The molecule has 1 aliphatic rings. The van der Waals surface area contributed by atoms with Crippen molar-refractivity contribution in [2.24, 2.45) is 10.7 Å². The topological polar surface area (TPSA) is 146 Å². The molecule has 2 rings (SSSR count). The van der Waals surface area contributed by atoms with Crippen molar-refractivity contribution >= 4 is 46.3 Å². The number of nitrogens with two attached hydrogens (primary N) is 1. The van der Waals surface area contributed by atoms with Gasteiger partial charge in [0.15, 0.2) is 5.17 Å². The molecule has 10 nitrogen and oxygen atoms in total. The molecule has 0 radical (unpaired) electrons. The first-order valence-corrected chi connectivity index (χ1v) is 13.7. The van der Waals surface area contributed by atoms with Crippen molar-refractivity contribution < 1.29 is 24.0 Å². The van der Waals surface area contributed by atoms with Crippen molar-refractivity contribution in [3.05, 3.63) is 62.5 Å². The van der Waals surface area contributed by atoms with Crippen molar-refractivity contribution in [3.63, 3.8) is 0 Å². The number of nitro benzene ring substituents is 1. The minimum absolute atomic E-state index is 0.130. The second kappa shape index (κ2) is 14.5. The zero-order valence-electron chi connectivity index (χ0n) is 20.9. The molecule has 0 saturated carbocycles. The Balaban J connectivity index is 2.52. The van der Waals surface area contributed by atoms with Gasteiger partial charge in [-0.3, -0.25) is 15.1 Å². The van der Waals surface area contributed by atoms with Crippen LogP contribution in [0.25, 0.3) is 0 Å². The molecular weight excluding hydrogens is 504 g/mol. The molecule has 196 valence electrons. The monoisotopic (exact) mass is 536 g/mol. The SMILES string of the molecule is CCOC(=O)C1=C(C)NC(CSCCN=C(N)SCC)=C(C(=O)OCC)C1c1cccc([N+](=O)[O-])c1. The van der Waals surface area contributed by atoms with Gasteiger partial charge < -0.3 is 20.5 Å². The Hall–Kier alpha value is -2.99. The van der Waals surface area contributed by atoms with Gasteiger partial charge in [-0.25, -0.2) is 9.59 Å². The van der Waals surface area contributed by atoms with E-state index in [1.165, 1.54) is 41.7 Å². The van der Waals surface area contributed by atoms with Gasteiger partial charge in [0, 0.05) is 35.0 Å². The summed E-state index contributed by atoms with van der Waals surface area (Å²) >= 11 is 3.01. The molecular formula is C24H32N4O6S2. The van der Waals surface area contributed by atoms with E-state index < -0.39 is 22.8 Å². The summed E-state index contributed by atoms with van der Waals surface area (Å²) in [5.74, 6) is -0.200. The maximum atomic E-state index is 13.2. The Morgan fingerprint density at radius 3 is 2.44 bits per heavy atom. The number of esters is 2. The Bertz CT molecular complexity index is 1070. The number of amidine groups is 1. The number of hydrogen-bond donors (Lipinski definition) is 2. The van der Waals surface area contributed by atoms with Crippen LogP contribution in [0.2, 0.25) is 0 Å². The Kier molecular flexibility index (Phi) is 11.8. The van der Waals surface area contributed by atoms with E-state index >= 15 is 0 Å². The van der Waals surface area contributed by atoms with E-state index in [0.29, 0.717) is 40.2 Å². The third-order valence-electron chi connectivity index (χ3n) is 5.09. The molecule has 0 aromatic heterocycles. The zero-order valence-corrected chi connectivity index (χ0v) is 22.5. The lowest BCUT2D eigenvalue weighted by Gasteiger charge is -2.31. The molecule has 3 N–H and O–H groups in total. The van der Waals surface area contributed by atoms with Gasteiger partial charge >= 0.3 is 11.9 Å². The van der Waals surface area contributed by atoms with Crippen LogP contribution < -0.4 is 11.1 Å². The molecule has 12 heteroatoms. The van der Waals surface area contributed by atoms with E-state index in [4.69, 9.17) is 15.2 Å². The highest BCUT2D eigenvalue weighted by molar-refractivity contribution is 8.13. The molecule has 36 heavy (non-hydrogen) atoms. The number of nitrogens with one attached hydrogen (secondary N) is 1. The molecule has 0 bridgehead atoms. The molecule has 1 unspecified atom stereocenters. The van der Waals surface area contributed by atoms with Crippen molar-refractivity contribution in [3.8, 4) is 0 Å². The van der Waals surface area contributed by atoms with Gasteiger partial charge in [0.1, 0.15) is 0 Å². The Morgan fingerprint density at radius 1 is 1.17 bits per heavy atom. The van der Waals surface area contributed by atoms with E-state index in [1.807, 2.05) is 6.92 Å². The normalized spacial score (nSPS) is 16.0. The summed E-state index contributed by atoms with van der Waals surface area (Å²) in [6, 6.07) is 5.91. The number of carbonyl (C=O) groups excluding carboxylic acids is 2. The molecule has 0 spiro atoms. The fourth-order valence-electron chi connectivity index (χ4n) is 3.68. The molecule has 0 aliphatic carbocycles. The van der Waals surface area contributed by atoms with Crippen LogP contribution in [0.5, 0.6) is 0 Å².